The Balaban J connectivity index is 1.46. The van der Waals surface area contributed by atoms with Crippen LogP contribution in [-0.4, -0.2) is 45.2 Å². The minimum atomic E-state index is -0.259. The van der Waals surface area contributed by atoms with E-state index in [9.17, 15) is 9.59 Å². The molecule has 1 unspecified atom stereocenters. The minimum absolute atomic E-state index is 0.160. The number of carbonyl (C=O) groups excluding carboxylic acids is 1. The number of rotatable bonds is 1. The molecule has 3 aliphatic heterocycles. The van der Waals surface area contributed by atoms with E-state index >= 15 is 0 Å². The molecule has 6 heteroatoms. The van der Waals surface area contributed by atoms with Gasteiger partial charge >= 0.3 is 11.7 Å². The molecule has 26 heavy (non-hydrogen) atoms. The van der Waals surface area contributed by atoms with Gasteiger partial charge in [0, 0.05) is 24.7 Å². The first-order valence-electron chi connectivity index (χ1n) is 9.89. The number of hydrogen-bond donors (Lipinski definition) is 1. The standard InChI is InChI=1S/C20H26N4O2/c1-22-15-7-3-8-16(22)12-14(11-15)21-19(25)24-17-9-2-5-13-6-4-10-23(18(13)17)20(24)26/h2,5,9,14-16H,3-4,6-8,10-12H2,1H3,(H,21,25)/t14?,15-,16+. The molecule has 2 saturated heterocycles. The van der Waals surface area contributed by atoms with Gasteiger partial charge < -0.3 is 10.2 Å². The Morgan fingerprint density at radius 3 is 2.69 bits per heavy atom. The summed E-state index contributed by atoms with van der Waals surface area (Å²) >= 11 is 0. The van der Waals surface area contributed by atoms with Crippen LogP contribution in [0.15, 0.2) is 23.0 Å². The second-order valence-electron chi connectivity index (χ2n) is 8.18. The van der Waals surface area contributed by atoms with Gasteiger partial charge in [-0.25, -0.2) is 14.2 Å². The number of hydrogen-bond acceptors (Lipinski definition) is 3. The maximum atomic E-state index is 13.0. The molecule has 3 aliphatic rings. The molecular weight excluding hydrogens is 328 g/mol. The molecule has 2 fully saturated rings. The number of imidazole rings is 1. The summed E-state index contributed by atoms with van der Waals surface area (Å²) in [7, 11) is 2.21. The van der Waals surface area contributed by atoms with Crippen LogP contribution in [0.3, 0.4) is 0 Å². The number of aryl methyl sites for hydroxylation is 2. The lowest BCUT2D eigenvalue weighted by atomic mass is 9.82. The number of carbonyl (C=O) groups is 1. The highest BCUT2D eigenvalue weighted by Crippen LogP contribution is 2.32. The molecule has 2 bridgehead atoms. The molecule has 138 valence electrons. The average Bonchev–Trinajstić information content (AvgIpc) is 2.90. The Bertz CT molecular complexity index is 914. The predicted octanol–water partition coefficient (Wildman–Crippen LogP) is 2.32. The Labute approximate surface area is 152 Å². The van der Waals surface area contributed by atoms with E-state index in [-0.39, 0.29) is 17.8 Å². The van der Waals surface area contributed by atoms with E-state index < -0.39 is 0 Å². The Kier molecular flexibility index (Phi) is 3.71. The molecule has 0 radical (unpaired) electrons. The molecule has 0 aliphatic carbocycles. The molecule has 0 spiro atoms. The normalized spacial score (nSPS) is 28.3. The molecule has 1 aromatic carbocycles. The van der Waals surface area contributed by atoms with E-state index in [1.165, 1.54) is 29.4 Å². The summed E-state index contributed by atoms with van der Waals surface area (Å²) < 4.78 is 3.13. The molecule has 5 rings (SSSR count). The van der Waals surface area contributed by atoms with Crippen LogP contribution in [0.2, 0.25) is 0 Å². The fourth-order valence-electron chi connectivity index (χ4n) is 5.40. The highest BCUT2D eigenvalue weighted by Gasteiger charge is 2.37. The molecule has 1 N–H and O–H groups in total. The number of aromatic nitrogens is 2. The van der Waals surface area contributed by atoms with Gasteiger partial charge in [0.1, 0.15) is 0 Å². The van der Waals surface area contributed by atoms with Gasteiger partial charge in [-0.15, -0.1) is 0 Å². The maximum absolute atomic E-state index is 13.0. The number of nitrogens with one attached hydrogen (secondary N) is 1. The average molecular weight is 354 g/mol. The largest absolute Gasteiger partial charge is 0.337 e. The zero-order chi connectivity index (χ0) is 17.8. The maximum Gasteiger partial charge on any atom is 0.337 e. The second kappa shape index (κ2) is 5.98. The smallest absolute Gasteiger partial charge is 0.334 e. The van der Waals surface area contributed by atoms with Crippen molar-refractivity contribution in [1.82, 2.24) is 19.4 Å². The van der Waals surface area contributed by atoms with Crippen LogP contribution in [0.25, 0.3) is 11.0 Å². The van der Waals surface area contributed by atoms with Crippen molar-refractivity contribution >= 4 is 17.1 Å². The second-order valence-corrected chi connectivity index (χ2v) is 8.18. The SMILES string of the molecule is CN1[C@@H]2CCC[C@H]1CC(NC(=O)n1c(=O)n3c4c(cccc41)CCC3)C2. The van der Waals surface area contributed by atoms with E-state index in [4.69, 9.17) is 0 Å². The number of amides is 1. The molecule has 6 nitrogen and oxygen atoms in total. The van der Waals surface area contributed by atoms with Crippen molar-refractivity contribution in [2.45, 2.75) is 69.6 Å². The molecule has 4 heterocycles. The summed E-state index contributed by atoms with van der Waals surface area (Å²) in [6.07, 6.45) is 7.60. The number of fused-ring (bicyclic) bond motifs is 2. The summed E-state index contributed by atoms with van der Waals surface area (Å²) in [4.78, 5) is 28.4. The van der Waals surface area contributed by atoms with Crippen molar-refractivity contribution in [3.05, 3.63) is 34.2 Å². The number of benzene rings is 1. The number of para-hydroxylation sites is 1. The summed E-state index contributed by atoms with van der Waals surface area (Å²) in [6, 6.07) is 6.93. The lowest BCUT2D eigenvalue weighted by Gasteiger charge is -2.47. The van der Waals surface area contributed by atoms with E-state index in [0.29, 0.717) is 18.6 Å². The van der Waals surface area contributed by atoms with Crippen LogP contribution < -0.4 is 11.0 Å². The van der Waals surface area contributed by atoms with Crippen molar-refractivity contribution in [2.75, 3.05) is 7.05 Å². The molecule has 0 saturated carbocycles. The monoisotopic (exact) mass is 354 g/mol. The molecule has 1 amide bonds. The van der Waals surface area contributed by atoms with Gasteiger partial charge in [-0.3, -0.25) is 4.57 Å². The van der Waals surface area contributed by atoms with Crippen LogP contribution in [0.4, 0.5) is 4.79 Å². The van der Waals surface area contributed by atoms with Crippen LogP contribution in [0.5, 0.6) is 0 Å². The van der Waals surface area contributed by atoms with Gasteiger partial charge in [0.2, 0.25) is 0 Å². The van der Waals surface area contributed by atoms with Crippen molar-refractivity contribution in [3.63, 3.8) is 0 Å². The highest BCUT2D eigenvalue weighted by atomic mass is 16.2. The van der Waals surface area contributed by atoms with E-state index in [0.717, 1.165) is 36.7 Å². The lowest BCUT2D eigenvalue weighted by molar-refractivity contribution is 0.0509. The van der Waals surface area contributed by atoms with Crippen molar-refractivity contribution in [3.8, 4) is 0 Å². The van der Waals surface area contributed by atoms with Gasteiger partial charge in [-0.2, -0.15) is 0 Å². The van der Waals surface area contributed by atoms with Crippen LogP contribution >= 0.6 is 0 Å². The van der Waals surface area contributed by atoms with Crippen LogP contribution in [-0.2, 0) is 13.0 Å². The Morgan fingerprint density at radius 2 is 1.92 bits per heavy atom. The van der Waals surface area contributed by atoms with E-state index in [1.807, 2.05) is 12.1 Å². The third-order valence-electron chi connectivity index (χ3n) is 6.73. The van der Waals surface area contributed by atoms with Gasteiger partial charge in [-0.1, -0.05) is 18.6 Å². The van der Waals surface area contributed by atoms with Gasteiger partial charge in [0.05, 0.1) is 11.0 Å². The highest BCUT2D eigenvalue weighted by molar-refractivity contribution is 5.91. The summed E-state index contributed by atoms with van der Waals surface area (Å²) in [5.74, 6) is 0. The quantitative estimate of drug-likeness (QED) is 0.855. The van der Waals surface area contributed by atoms with Crippen LogP contribution in [0, 0.1) is 0 Å². The third-order valence-corrected chi connectivity index (χ3v) is 6.73. The first-order valence-corrected chi connectivity index (χ1v) is 9.89. The minimum Gasteiger partial charge on any atom is -0.334 e. The van der Waals surface area contributed by atoms with Crippen molar-refractivity contribution in [1.29, 1.82) is 0 Å². The Hall–Kier alpha value is -2.08. The first kappa shape index (κ1) is 16.1. The van der Waals surface area contributed by atoms with Crippen molar-refractivity contribution in [2.24, 2.45) is 0 Å². The van der Waals surface area contributed by atoms with E-state index in [1.54, 1.807) is 4.57 Å². The molecule has 3 atom stereocenters. The van der Waals surface area contributed by atoms with Gasteiger partial charge in [0.15, 0.2) is 0 Å². The summed E-state index contributed by atoms with van der Waals surface area (Å²) in [6.45, 7) is 0.699. The fraction of sp³-hybridized carbons (Fsp3) is 0.600. The summed E-state index contributed by atoms with van der Waals surface area (Å²) in [5, 5.41) is 3.18. The Morgan fingerprint density at radius 1 is 1.15 bits per heavy atom. The molecular formula is C20H26N4O2. The number of nitrogens with zero attached hydrogens (tertiary/aromatic N) is 3. The molecule has 1 aromatic heterocycles. The summed E-state index contributed by atoms with van der Waals surface area (Å²) in [5.41, 5.74) is 2.67. The lowest BCUT2D eigenvalue weighted by Crippen LogP contribution is -2.56. The molecule has 2 aromatic rings. The van der Waals surface area contributed by atoms with Crippen LogP contribution in [0.1, 0.15) is 44.1 Å². The zero-order valence-electron chi connectivity index (χ0n) is 15.3. The topological polar surface area (TPSA) is 59.3 Å². The van der Waals surface area contributed by atoms with Gasteiger partial charge in [-0.05, 0) is 57.2 Å². The van der Waals surface area contributed by atoms with Crippen molar-refractivity contribution < 1.29 is 4.79 Å². The van der Waals surface area contributed by atoms with E-state index in [2.05, 4.69) is 23.3 Å². The predicted molar refractivity (Wildman–Crippen MR) is 101 cm³/mol. The zero-order valence-corrected chi connectivity index (χ0v) is 15.3. The third kappa shape index (κ3) is 2.35. The first-order chi connectivity index (χ1) is 12.6. The fourth-order valence-corrected chi connectivity index (χ4v) is 5.40. The van der Waals surface area contributed by atoms with Gasteiger partial charge in [0.25, 0.3) is 0 Å². The number of piperidine rings is 2.